The summed E-state index contributed by atoms with van der Waals surface area (Å²) in [6.07, 6.45) is -1.40. The monoisotopic (exact) mass is 350 g/mol. The molecule has 1 unspecified atom stereocenters. The molecule has 25 heavy (non-hydrogen) atoms. The van der Waals surface area contributed by atoms with Gasteiger partial charge in [0.05, 0.1) is 26.4 Å². The molecule has 2 amide bonds. The summed E-state index contributed by atoms with van der Waals surface area (Å²) in [7, 11) is 1.57. The quantitative estimate of drug-likeness (QED) is 0.870. The van der Waals surface area contributed by atoms with Gasteiger partial charge in [0.2, 0.25) is 5.91 Å². The summed E-state index contributed by atoms with van der Waals surface area (Å²) in [5, 5.41) is 10.2. The smallest absolute Gasteiger partial charge is 0.410 e. The van der Waals surface area contributed by atoms with Crippen molar-refractivity contribution in [2.75, 3.05) is 33.4 Å². The maximum atomic E-state index is 12.5. The number of rotatable bonds is 5. The van der Waals surface area contributed by atoms with Crippen molar-refractivity contribution in [3.8, 4) is 5.75 Å². The summed E-state index contributed by atoms with van der Waals surface area (Å²) in [5.41, 5.74) is 0.849. The lowest BCUT2D eigenvalue weighted by atomic mass is 10.2. The molecule has 1 atom stereocenters. The van der Waals surface area contributed by atoms with E-state index in [-0.39, 0.29) is 38.1 Å². The normalized spacial score (nSPS) is 18.3. The van der Waals surface area contributed by atoms with Crippen LogP contribution in [-0.4, -0.2) is 66.4 Å². The number of β-amino-alcohol motifs (C(OH)–C–C–N with tert-alkyl or cyclic N) is 1. The number of carbonyl (C=O) groups excluding carboxylic acids is 2. The first-order chi connectivity index (χ1) is 11.9. The van der Waals surface area contributed by atoms with E-state index in [1.165, 1.54) is 9.80 Å². The van der Waals surface area contributed by atoms with Gasteiger partial charge in [-0.15, -0.1) is 0 Å². The SMILES string of the molecule is COc1ccccc1CN1CC(O)CN(C(=O)OCC(C)C)CC1=O. The fourth-order valence-corrected chi connectivity index (χ4v) is 2.66. The lowest BCUT2D eigenvalue weighted by Crippen LogP contribution is -2.40. The molecule has 0 bridgehead atoms. The number of benzene rings is 1. The van der Waals surface area contributed by atoms with Crippen molar-refractivity contribution >= 4 is 12.0 Å². The summed E-state index contributed by atoms with van der Waals surface area (Å²) < 4.78 is 10.5. The molecule has 138 valence electrons. The van der Waals surface area contributed by atoms with Crippen molar-refractivity contribution in [3.63, 3.8) is 0 Å². The molecule has 1 aromatic carbocycles. The summed E-state index contributed by atoms with van der Waals surface area (Å²) in [5.74, 6) is 0.657. The van der Waals surface area contributed by atoms with Gasteiger partial charge in [0.15, 0.2) is 0 Å². The van der Waals surface area contributed by atoms with Crippen LogP contribution in [0.4, 0.5) is 4.79 Å². The number of para-hydroxylation sites is 1. The molecule has 0 spiro atoms. The van der Waals surface area contributed by atoms with Gasteiger partial charge < -0.3 is 19.5 Å². The highest BCUT2D eigenvalue weighted by Gasteiger charge is 2.30. The van der Waals surface area contributed by atoms with Crippen LogP contribution in [0.25, 0.3) is 0 Å². The van der Waals surface area contributed by atoms with E-state index in [1.54, 1.807) is 7.11 Å². The third-order valence-electron chi connectivity index (χ3n) is 3.89. The minimum absolute atomic E-state index is 0.0745. The number of amides is 2. The van der Waals surface area contributed by atoms with Crippen molar-refractivity contribution in [3.05, 3.63) is 29.8 Å². The zero-order valence-corrected chi connectivity index (χ0v) is 15.0. The first kappa shape index (κ1) is 19.1. The summed E-state index contributed by atoms with van der Waals surface area (Å²) in [4.78, 5) is 27.5. The molecular formula is C18H26N2O5. The molecule has 1 fully saturated rings. The molecule has 1 heterocycles. The largest absolute Gasteiger partial charge is 0.496 e. The van der Waals surface area contributed by atoms with Crippen LogP contribution in [0.15, 0.2) is 24.3 Å². The van der Waals surface area contributed by atoms with Gasteiger partial charge in [-0.25, -0.2) is 4.79 Å². The molecule has 1 N–H and O–H groups in total. The summed E-state index contributed by atoms with van der Waals surface area (Å²) in [6, 6.07) is 7.42. The number of aliphatic hydroxyl groups is 1. The number of methoxy groups -OCH3 is 1. The molecule has 1 aliphatic rings. The second-order valence-corrected chi connectivity index (χ2v) is 6.59. The first-order valence-electron chi connectivity index (χ1n) is 8.40. The lowest BCUT2D eigenvalue weighted by molar-refractivity contribution is -0.132. The van der Waals surface area contributed by atoms with Crippen LogP contribution in [0.2, 0.25) is 0 Å². The standard InChI is InChI=1S/C18H26N2O5/c1-13(2)12-25-18(23)20-10-15(21)9-19(17(22)11-20)8-14-6-4-5-7-16(14)24-3/h4-7,13,15,21H,8-12H2,1-3H3. The molecule has 0 aromatic heterocycles. The second kappa shape index (κ2) is 8.71. The number of aliphatic hydroxyl groups excluding tert-OH is 1. The molecule has 7 nitrogen and oxygen atoms in total. The van der Waals surface area contributed by atoms with Crippen molar-refractivity contribution in [1.82, 2.24) is 9.80 Å². The Kier molecular flexibility index (Phi) is 6.64. The minimum Gasteiger partial charge on any atom is -0.496 e. The number of hydrogen-bond donors (Lipinski definition) is 1. The van der Waals surface area contributed by atoms with Gasteiger partial charge in [-0.1, -0.05) is 32.0 Å². The number of nitrogens with zero attached hydrogens (tertiary/aromatic N) is 2. The van der Waals surface area contributed by atoms with Crippen molar-refractivity contribution in [2.45, 2.75) is 26.5 Å². The summed E-state index contributed by atoms with van der Waals surface area (Å²) >= 11 is 0. The van der Waals surface area contributed by atoms with Crippen LogP contribution in [0.5, 0.6) is 5.75 Å². The maximum absolute atomic E-state index is 12.5. The Labute approximate surface area is 148 Å². The third kappa shape index (κ3) is 5.35. The fraction of sp³-hybridized carbons (Fsp3) is 0.556. The van der Waals surface area contributed by atoms with E-state index in [2.05, 4.69) is 0 Å². The van der Waals surface area contributed by atoms with Crippen LogP contribution in [0, 0.1) is 5.92 Å². The Morgan fingerprint density at radius 1 is 1.32 bits per heavy atom. The van der Waals surface area contributed by atoms with Crippen molar-refractivity contribution < 1.29 is 24.2 Å². The van der Waals surface area contributed by atoms with E-state index in [9.17, 15) is 14.7 Å². The molecular weight excluding hydrogens is 324 g/mol. The highest BCUT2D eigenvalue weighted by atomic mass is 16.6. The number of hydrogen-bond acceptors (Lipinski definition) is 5. The third-order valence-corrected chi connectivity index (χ3v) is 3.89. The highest BCUT2D eigenvalue weighted by Crippen LogP contribution is 2.20. The van der Waals surface area contributed by atoms with E-state index in [0.29, 0.717) is 12.3 Å². The average Bonchev–Trinajstić information content (AvgIpc) is 2.72. The lowest BCUT2D eigenvalue weighted by Gasteiger charge is -2.23. The Morgan fingerprint density at radius 3 is 2.72 bits per heavy atom. The van der Waals surface area contributed by atoms with Crippen LogP contribution in [-0.2, 0) is 16.1 Å². The van der Waals surface area contributed by atoms with E-state index >= 15 is 0 Å². The van der Waals surface area contributed by atoms with Gasteiger partial charge >= 0.3 is 6.09 Å². The van der Waals surface area contributed by atoms with Gasteiger partial charge in [0.1, 0.15) is 12.3 Å². The van der Waals surface area contributed by atoms with Crippen LogP contribution >= 0.6 is 0 Å². The Morgan fingerprint density at radius 2 is 2.04 bits per heavy atom. The van der Waals surface area contributed by atoms with Gasteiger partial charge in [-0.3, -0.25) is 9.69 Å². The Bertz CT molecular complexity index is 605. The zero-order valence-electron chi connectivity index (χ0n) is 15.0. The van der Waals surface area contributed by atoms with Gasteiger partial charge in [-0.05, 0) is 12.0 Å². The fourth-order valence-electron chi connectivity index (χ4n) is 2.66. The molecule has 7 heteroatoms. The molecule has 0 aliphatic carbocycles. The molecule has 1 aliphatic heterocycles. The predicted octanol–water partition coefficient (Wildman–Crippen LogP) is 1.49. The molecule has 1 aromatic rings. The van der Waals surface area contributed by atoms with Crippen LogP contribution in [0.3, 0.4) is 0 Å². The van der Waals surface area contributed by atoms with Gasteiger partial charge in [0.25, 0.3) is 0 Å². The molecule has 2 rings (SSSR count). The topological polar surface area (TPSA) is 79.3 Å². The van der Waals surface area contributed by atoms with Gasteiger partial charge in [-0.2, -0.15) is 0 Å². The average molecular weight is 350 g/mol. The van der Waals surface area contributed by atoms with Gasteiger partial charge in [0, 0.05) is 18.7 Å². The van der Waals surface area contributed by atoms with Crippen molar-refractivity contribution in [2.24, 2.45) is 5.92 Å². The van der Waals surface area contributed by atoms with Crippen LogP contribution in [0.1, 0.15) is 19.4 Å². The predicted molar refractivity (Wildman–Crippen MR) is 92.2 cm³/mol. The molecule has 1 saturated heterocycles. The zero-order chi connectivity index (χ0) is 18.4. The first-order valence-corrected chi connectivity index (χ1v) is 8.40. The maximum Gasteiger partial charge on any atom is 0.410 e. The van der Waals surface area contributed by atoms with Crippen LogP contribution < -0.4 is 4.74 Å². The molecule has 0 radical (unpaired) electrons. The van der Waals surface area contributed by atoms with E-state index in [0.717, 1.165) is 5.56 Å². The second-order valence-electron chi connectivity index (χ2n) is 6.59. The number of ether oxygens (including phenoxy) is 2. The molecule has 0 saturated carbocycles. The van der Waals surface area contributed by atoms with E-state index < -0.39 is 12.2 Å². The van der Waals surface area contributed by atoms with E-state index in [4.69, 9.17) is 9.47 Å². The minimum atomic E-state index is -0.826. The van der Waals surface area contributed by atoms with Crippen molar-refractivity contribution in [1.29, 1.82) is 0 Å². The van der Waals surface area contributed by atoms with E-state index in [1.807, 2.05) is 38.1 Å². The Hall–Kier alpha value is -2.28. The number of carbonyl (C=O) groups is 2. The Balaban J connectivity index is 2.05. The summed E-state index contributed by atoms with van der Waals surface area (Å²) in [6.45, 7) is 4.59. The highest BCUT2D eigenvalue weighted by molar-refractivity contribution is 5.83.